The number of carbonyl (C=O) groups excluding carboxylic acids is 1. The molecule has 3 nitrogen and oxygen atoms in total. The van der Waals surface area contributed by atoms with Gasteiger partial charge in [-0.05, 0) is 25.8 Å². The lowest BCUT2D eigenvalue weighted by Gasteiger charge is -2.06. The van der Waals surface area contributed by atoms with Gasteiger partial charge in [0.2, 0.25) is 0 Å². The van der Waals surface area contributed by atoms with Gasteiger partial charge in [-0.2, -0.15) is 0 Å². The summed E-state index contributed by atoms with van der Waals surface area (Å²) in [6.07, 6.45) is 7.95. The fourth-order valence-electron chi connectivity index (χ4n) is 1.96. The molecule has 0 aliphatic carbocycles. The number of rotatable bonds is 7. The molecule has 1 heterocycles. The minimum absolute atomic E-state index is 0.183. The van der Waals surface area contributed by atoms with E-state index >= 15 is 0 Å². The van der Waals surface area contributed by atoms with Crippen molar-refractivity contribution >= 4 is 5.97 Å². The molecule has 1 saturated heterocycles. The second-order valence-electron chi connectivity index (χ2n) is 4.16. The molecule has 0 aromatic heterocycles. The first kappa shape index (κ1) is 13.2. The maximum Gasteiger partial charge on any atom is 0.330 e. The molecule has 3 heteroatoms. The zero-order chi connectivity index (χ0) is 12.0. The van der Waals surface area contributed by atoms with E-state index in [9.17, 15) is 4.79 Å². The highest BCUT2D eigenvalue weighted by atomic mass is 16.6. The zero-order valence-electron chi connectivity index (χ0n) is 10.5. The molecule has 2 atom stereocenters. The van der Waals surface area contributed by atoms with Gasteiger partial charge in [0, 0.05) is 6.08 Å². The van der Waals surface area contributed by atoms with E-state index < -0.39 is 0 Å². The van der Waals surface area contributed by atoms with Crippen molar-refractivity contribution in [3.63, 3.8) is 0 Å². The van der Waals surface area contributed by atoms with Crippen LogP contribution >= 0.6 is 0 Å². The third-order valence-electron chi connectivity index (χ3n) is 2.93. The molecular weight excluding hydrogens is 204 g/mol. The first-order valence-electron chi connectivity index (χ1n) is 6.22. The van der Waals surface area contributed by atoms with E-state index in [2.05, 4.69) is 13.8 Å². The summed E-state index contributed by atoms with van der Waals surface area (Å²) in [6, 6.07) is 0. The van der Waals surface area contributed by atoms with Crippen LogP contribution < -0.4 is 0 Å². The number of esters is 1. The average molecular weight is 226 g/mol. The number of hydrogen-bond donors (Lipinski definition) is 0. The van der Waals surface area contributed by atoms with Crippen LogP contribution in [0.15, 0.2) is 12.2 Å². The van der Waals surface area contributed by atoms with E-state index in [1.54, 1.807) is 6.92 Å². The molecule has 0 spiro atoms. The minimum Gasteiger partial charge on any atom is -0.463 e. The Bertz CT molecular complexity index is 260. The van der Waals surface area contributed by atoms with E-state index in [0.29, 0.717) is 6.61 Å². The number of carbonyl (C=O) groups is 1. The summed E-state index contributed by atoms with van der Waals surface area (Å²) < 4.78 is 10.5. The van der Waals surface area contributed by atoms with Crippen molar-refractivity contribution < 1.29 is 14.3 Å². The number of ether oxygens (including phenoxy) is 2. The molecule has 0 unspecified atom stereocenters. The lowest BCUT2D eigenvalue weighted by Crippen LogP contribution is -2.12. The smallest absolute Gasteiger partial charge is 0.330 e. The maximum absolute atomic E-state index is 11.2. The Labute approximate surface area is 97.8 Å². The molecule has 0 aromatic rings. The third kappa shape index (κ3) is 3.34. The van der Waals surface area contributed by atoms with Crippen LogP contribution in [0, 0.1) is 0 Å². The summed E-state index contributed by atoms with van der Waals surface area (Å²) in [5.41, 5.74) is -0.183. The van der Waals surface area contributed by atoms with Crippen LogP contribution in [0.2, 0.25) is 0 Å². The van der Waals surface area contributed by atoms with Gasteiger partial charge in [-0.25, -0.2) is 4.79 Å². The van der Waals surface area contributed by atoms with Gasteiger partial charge in [0.15, 0.2) is 0 Å². The molecule has 16 heavy (non-hydrogen) atoms. The molecule has 1 rings (SSSR count). The highest BCUT2D eigenvalue weighted by Crippen LogP contribution is 2.44. The first-order chi connectivity index (χ1) is 7.68. The third-order valence-corrected chi connectivity index (χ3v) is 2.93. The monoisotopic (exact) mass is 226 g/mol. The second-order valence-corrected chi connectivity index (χ2v) is 4.16. The van der Waals surface area contributed by atoms with Gasteiger partial charge < -0.3 is 9.47 Å². The fourth-order valence-corrected chi connectivity index (χ4v) is 1.96. The topological polar surface area (TPSA) is 38.8 Å². The van der Waals surface area contributed by atoms with Gasteiger partial charge in [0.05, 0.1) is 12.7 Å². The number of hydrogen-bond acceptors (Lipinski definition) is 3. The van der Waals surface area contributed by atoms with Crippen LogP contribution in [0.25, 0.3) is 0 Å². The van der Waals surface area contributed by atoms with Gasteiger partial charge in [0.25, 0.3) is 0 Å². The van der Waals surface area contributed by atoms with Crippen molar-refractivity contribution in [2.75, 3.05) is 6.61 Å². The van der Waals surface area contributed by atoms with Crippen LogP contribution in [0.3, 0.4) is 0 Å². The highest BCUT2D eigenvalue weighted by molar-refractivity contribution is 5.82. The minimum atomic E-state index is -0.274. The molecular formula is C13H22O3. The van der Waals surface area contributed by atoms with Crippen LogP contribution in [0.4, 0.5) is 0 Å². The summed E-state index contributed by atoms with van der Waals surface area (Å²) in [5.74, 6) is -0.274. The summed E-state index contributed by atoms with van der Waals surface area (Å²) in [6.45, 7) is 6.49. The molecule has 0 radical (unpaired) electrons. The second kappa shape index (κ2) is 6.04. The van der Waals surface area contributed by atoms with Crippen LogP contribution in [-0.2, 0) is 14.3 Å². The normalized spacial score (nSPS) is 28.3. The lowest BCUT2D eigenvalue weighted by molar-refractivity contribution is -0.137. The summed E-state index contributed by atoms with van der Waals surface area (Å²) in [5, 5.41) is 0. The molecule has 0 N–H and O–H groups in total. The Kier molecular flexibility index (Phi) is 5.00. The highest BCUT2D eigenvalue weighted by Gasteiger charge is 2.52. The van der Waals surface area contributed by atoms with Gasteiger partial charge in [-0.3, -0.25) is 0 Å². The van der Waals surface area contributed by atoms with Gasteiger partial charge >= 0.3 is 5.97 Å². The zero-order valence-corrected chi connectivity index (χ0v) is 10.5. The Morgan fingerprint density at radius 1 is 1.44 bits per heavy atom. The molecule has 0 amide bonds. The van der Waals surface area contributed by atoms with Crippen molar-refractivity contribution in [1.29, 1.82) is 0 Å². The number of epoxide rings is 1. The van der Waals surface area contributed by atoms with Gasteiger partial charge in [-0.1, -0.05) is 26.7 Å². The van der Waals surface area contributed by atoms with Crippen molar-refractivity contribution in [3.05, 3.63) is 12.2 Å². The summed E-state index contributed by atoms with van der Waals surface area (Å²) >= 11 is 0. The Morgan fingerprint density at radius 2 is 2.19 bits per heavy atom. The molecule has 1 aliphatic rings. The van der Waals surface area contributed by atoms with Crippen molar-refractivity contribution in [3.8, 4) is 0 Å². The van der Waals surface area contributed by atoms with Crippen LogP contribution in [0.1, 0.15) is 46.5 Å². The largest absolute Gasteiger partial charge is 0.463 e. The molecule has 0 aromatic carbocycles. The van der Waals surface area contributed by atoms with E-state index in [0.717, 1.165) is 25.7 Å². The Balaban J connectivity index is 2.49. The average Bonchev–Trinajstić information content (AvgIpc) is 2.99. The molecule has 1 fully saturated rings. The van der Waals surface area contributed by atoms with E-state index in [-0.39, 0.29) is 17.7 Å². The quantitative estimate of drug-likeness (QED) is 0.380. The predicted octanol–water partition coefficient (Wildman–Crippen LogP) is 2.84. The summed E-state index contributed by atoms with van der Waals surface area (Å²) in [4.78, 5) is 11.2. The fraction of sp³-hybridized carbons (Fsp3) is 0.769. The SMILES string of the molecule is CCCC[C@@]1(/C=C/C(=O)OCC)O[C@@H]1CC. The van der Waals surface area contributed by atoms with Gasteiger partial charge in [-0.15, -0.1) is 0 Å². The Hall–Kier alpha value is -0.830. The summed E-state index contributed by atoms with van der Waals surface area (Å²) in [7, 11) is 0. The Morgan fingerprint density at radius 3 is 2.69 bits per heavy atom. The van der Waals surface area contributed by atoms with Crippen molar-refractivity contribution in [2.45, 2.75) is 58.2 Å². The molecule has 92 valence electrons. The van der Waals surface area contributed by atoms with Crippen LogP contribution in [0.5, 0.6) is 0 Å². The van der Waals surface area contributed by atoms with E-state index in [1.807, 2.05) is 6.08 Å². The molecule has 0 saturated carbocycles. The number of unbranched alkanes of at least 4 members (excludes halogenated alkanes) is 1. The molecule has 0 bridgehead atoms. The maximum atomic E-state index is 11.2. The van der Waals surface area contributed by atoms with Crippen molar-refractivity contribution in [2.24, 2.45) is 0 Å². The first-order valence-corrected chi connectivity index (χ1v) is 6.22. The lowest BCUT2D eigenvalue weighted by atomic mass is 9.96. The van der Waals surface area contributed by atoms with Crippen molar-refractivity contribution in [1.82, 2.24) is 0 Å². The standard InChI is InChI=1S/C13H22O3/c1-4-7-9-13(11(5-2)16-13)10-8-12(14)15-6-3/h8,10-11H,4-7,9H2,1-3H3/b10-8+/t11-,13+/m1/s1. The predicted molar refractivity (Wildman–Crippen MR) is 63.2 cm³/mol. The van der Waals surface area contributed by atoms with E-state index in [1.165, 1.54) is 6.08 Å². The van der Waals surface area contributed by atoms with Gasteiger partial charge in [0.1, 0.15) is 5.60 Å². The van der Waals surface area contributed by atoms with E-state index in [4.69, 9.17) is 9.47 Å². The van der Waals surface area contributed by atoms with Crippen LogP contribution in [-0.4, -0.2) is 24.3 Å². The molecule has 1 aliphatic heterocycles.